The van der Waals surface area contributed by atoms with Crippen molar-refractivity contribution in [2.45, 2.75) is 19.4 Å². The van der Waals surface area contributed by atoms with Gasteiger partial charge >= 0.3 is 6.03 Å². The molecule has 0 aromatic heterocycles. The van der Waals surface area contributed by atoms with Crippen LogP contribution >= 0.6 is 15.9 Å². The first-order chi connectivity index (χ1) is 13.7. The summed E-state index contributed by atoms with van der Waals surface area (Å²) in [6.07, 6.45) is 0. The highest BCUT2D eigenvalue weighted by atomic mass is 79.9. The van der Waals surface area contributed by atoms with Crippen LogP contribution in [-0.2, 0) is 19.9 Å². The average Bonchev–Trinajstić information content (AvgIpc) is 2.85. The van der Waals surface area contributed by atoms with Crippen molar-refractivity contribution in [2.75, 3.05) is 17.2 Å². The van der Waals surface area contributed by atoms with Gasteiger partial charge in [0.1, 0.15) is 12.1 Å². The summed E-state index contributed by atoms with van der Waals surface area (Å²) in [5.74, 6) is -1.28. The number of carbonyl (C=O) groups excluding carboxylic acids is 4. The van der Waals surface area contributed by atoms with E-state index in [1.807, 2.05) is 6.07 Å². The molecule has 1 heterocycles. The molecule has 0 spiro atoms. The van der Waals surface area contributed by atoms with Gasteiger partial charge in [-0.2, -0.15) is 0 Å². The molecule has 0 radical (unpaired) electrons. The summed E-state index contributed by atoms with van der Waals surface area (Å²) in [7, 11) is 0. The number of amides is 5. The molecule has 2 aromatic carbocycles. The summed E-state index contributed by atoms with van der Waals surface area (Å²) >= 11 is 3.35. The molecular weight excluding hydrogens is 440 g/mol. The highest BCUT2D eigenvalue weighted by Crippen LogP contribution is 2.30. The molecule has 1 atom stereocenters. The molecule has 0 saturated carbocycles. The lowest BCUT2D eigenvalue weighted by molar-refractivity contribution is -0.133. The molecule has 3 rings (SSSR count). The van der Waals surface area contributed by atoms with E-state index in [-0.39, 0.29) is 5.91 Å². The number of nitrogens with one attached hydrogen (secondary N) is 3. The zero-order chi connectivity index (χ0) is 21.2. The summed E-state index contributed by atoms with van der Waals surface area (Å²) in [6, 6.07) is 13.0. The number of hydrogen-bond donors (Lipinski definition) is 3. The van der Waals surface area contributed by atoms with Gasteiger partial charge in [0, 0.05) is 22.8 Å². The van der Waals surface area contributed by atoms with Crippen LogP contribution in [0.2, 0.25) is 0 Å². The van der Waals surface area contributed by atoms with Gasteiger partial charge in [-0.1, -0.05) is 34.1 Å². The number of urea groups is 1. The first-order valence-electron chi connectivity index (χ1n) is 8.77. The molecule has 1 fully saturated rings. The van der Waals surface area contributed by atoms with E-state index in [2.05, 4.69) is 31.9 Å². The predicted molar refractivity (Wildman–Crippen MR) is 111 cm³/mol. The normalized spacial score (nSPS) is 18.4. The maximum absolute atomic E-state index is 12.9. The maximum atomic E-state index is 12.9. The first-order valence-corrected chi connectivity index (χ1v) is 9.56. The Hall–Kier alpha value is -3.20. The third-order valence-corrected chi connectivity index (χ3v) is 4.94. The van der Waals surface area contributed by atoms with Crippen molar-refractivity contribution < 1.29 is 19.2 Å². The van der Waals surface area contributed by atoms with Crippen LogP contribution < -0.4 is 16.0 Å². The summed E-state index contributed by atoms with van der Waals surface area (Å²) in [4.78, 5) is 49.7. The smallest absolute Gasteiger partial charge is 0.325 e. The number of imide groups is 1. The molecule has 9 heteroatoms. The zero-order valence-electron chi connectivity index (χ0n) is 15.8. The van der Waals surface area contributed by atoms with Crippen molar-refractivity contribution in [3.05, 3.63) is 58.6 Å². The van der Waals surface area contributed by atoms with E-state index in [9.17, 15) is 19.2 Å². The van der Waals surface area contributed by atoms with Crippen LogP contribution in [0, 0.1) is 0 Å². The Morgan fingerprint density at radius 3 is 2.38 bits per heavy atom. The highest BCUT2D eigenvalue weighted by molar-refractivity contribution is 9.10. The monoisotopic (exact) mass is 458 g/mol. The lowest BCUT2D eigenvalue weighted by Crippen LogP contribution is -2.42. The molecule has 0 bridgehead atoms. The second kappa shape index (κ2) is 8.04. The van der Waals surface area contributed by atoms with E-state index in [4.69, 9.17) is 0 Å². The van der Waals surface area contributed by atoms with E-state index >= 15 is 0 Å². The Balaban J connectivity index is 1.72. The SMILES string of the molecule is CC(=O)Nc1cccc(NC(=O)CN2C(=O)NC(C)(c3cccc(Br)c3)C2=O)c1. The molecule has 1 unspecified atom stereocenters. The zero-order valence-corrected chi connectivity index (χ0v) is 17.4. The Kier molecular flexibility index (Phi) is 5.69. The molecule has 29 heavy (non-hydrogen) atoms. The fourth-order valence-electron chi connectivity index (χ4n) is 3.06. The number of nitrogens with zero attached hydrogens (tertiary/aromatic N) is 1. The Morgan fingerprint density at radius 1 is 1.07 bits per heavy atom. The topological polar surface area (TPSA) is 108 Å². The minimum Gasteiger partial charge on any atom is -0.326 e. The van der Waals surface area contributed by atoms with Crippen molar-refractivity contribution in [1.82, 2.24) is 10.2 Å². The second-order valence-electron chi connectivity index (χ2n) is 6.77. The quantitative estimate of drug-likeness (QED) is 0.598. The van der Waals surface area contributed by atoms with E-state index in [1.54, 1.807) is 49.4 Å². The van der Waals surface area contributed by atoms with Crippen LogP contribution in [0.3, 0.4) is 0 Å². The van der Waals surface area contributed by atoms with Crippen LogP contribution in [-0.4, -0.2) is 35.2 Å². The fraction of sp³-hybridized carbons (Fsp3) is 0.200. The summed E-state index contributed by atoms with van der Waals surface area (Å²) in [6.45, 7) is 2.55. The van der Waals surface area contributed by atoms with Crippen molar-refractivity contribution in [3.63, 3.8) is 0 Å². The van der Waals surface area contributed by atoms with Gasteiger partial charge in [-0.25, -0.2) is 4.79 Å². The molecule has 2 aromatic rings. The molecule has 1 saturated heterocycles. The van der Waals surface area contributed by atoms with Gasteiger partial charge in [0.25, 0.3) is 5.91 Å². The number of hydrogen-bond acceptors (Lipinski definition) is 4. The first kappa shape index (κ1) is 20.5. The van der Waals surface area contributed by atoms with Gasteiger partial charge in [-0.15, -0.1) is 0 Å². The number of carbonyl (C=O) groups is 4. The summed E-state index contributed by atoms with van der Waals surface area (Å²) in [5.41, 5.74) is 0.304. The van der Waals surface area contributed by atoms with E-state index < -0.39 is 29.9 Å². The number of anilines is 2. The lowest BCUT2D eigenvalue weighted by atomic mass is 9.92. The highest BCUT2D eigenvalue weighted by Gasteiger charge is 2.49. The van der Waals surface area contributed by atoms with Crippen molar-refractivity contribution in [2.24, 2.45) is 0 Å². The van der Waals surface area contributed by atoms with Gasteiger partial charge in [0.05, 0.1) is 0 Å². The van der Waals surface area contributed by atoms with Crippen LogP contribution in [0.25, 0.3) is 0 Å². The van der Waals surface area contributed by atoms with Crippen LogP contribution in [0.5, 0.6) is 0 Å². The Morgan fingerprint density at radius 2 is 1.72 bits per heavy atom. The van der Waals surface area contributed by atoms with Gasteiger partial charge in [-0.3, -0.25) is 19.3 Å². The molecule has 150 valence electrons. The molecule has 1 aliphatic heterocycles. The number of rotatable bonds is 5. The standard InChI is InChI=1S/C20H19BrN4O4/c1-12(26)22-15-7-4-8-16(10-15)23-17(27)11-25-18(28)20(2,24-19(25)29)13-5-3-6-14(21)9-13/h3-10H,11H2,1-2H3,(H,22,26)(H,23,27)(H,24,29). The molecule has 5 amide bonds. The molecule has 8 nitrogen and oxygen atoms in total. The fourth-order valence-corrected chi connectivity index (χ4v) is 3.46. The molecule has 0 aliphatic carbocycles. The van der Waals surface area contributed by atoms with E-state index in [0.29, 0.717) is 16.9 Å². The van der Waals surface area contributed by atoms with Gasteiger partial charge < -0.3 is 16.0 Å². The maximum Gasteiger partial charge on any atom is 0.325 e. The number of benzene rings is 2. The third-order valence-electron chi connectivity index (χ3n) is 4.45. The van der Waals surface area contributed by atoms with E-state index in [1.165, 1.54) is 6.92 Å². The molecule has 3 N–H and O–H groups in total. The predicted octanol–water partition coefficient (Wildman–Crippen LogP) is 2.81. The van der Waals surface area contributed by atoms with Gasteiger partial charge in [-0.05, 0) is 42.8 Å². The van der Waals surface area contributed by atoms with Crippen molar-refractivity contribution in [3.8, 4) is 0 Å². The van der Waals surface area contributed by atoms with E-state index in [0.717, 1.165) is 9.37 Å². The third kappa shape index (κ3) is 4.45. The average molecular weight is 459 g/mol. The van der Waals surface area contributed by atoms with Crippen LogP contribution in [0.1, 0.15) is 19.4 Å². The van der Waals surface area contributed by atoms with Crippen molar-refractivity contribution in [1.29, 1.82) is 0 Å². The molecular formula is C20H19BrN4O4. The van der Waals surface area contributed by atoms with Crippen LogP contribution in [0.4, 0.5) is 16.2 Å². The van der Waals surface area contributed by atoms with Gasteiger partial charge in [0.15, 0.2) is 0 Å². The van der Waals surface area contributed by atoms with Crippen molar-refractivity contribution >= 4 is 51.1 Å². The minimum atomic E-state index is -1.26. The number of halogens is 1. The molecule has 1 aliphatic rings. The summed E-state index contributed by atoms with van der Waals surface area (Å²) < 4.78 is 0.772. The largest absolute Gasteiger partial charge is 0.326 e. The second-order valence-corrected chi connectivity index (χ2v) is 7.68. The minimum absolute atomic E-state index is 0.236. The lowest BCUT2D eigenvalue weighted by Gasteiger charge is -2.22. The van der Waals surface area contributed by atoms with Gasteiger partial charge in [0.2, 0.25) is 11.8 Å². The van der Waals surface area contributed by atoms with Crippen LogP contribution in [0.15, 0.2) is 53.0 Å². The summed E-state index contributed by atoms with van der Waals surface area (Å²) in [5, 5.41) is 7.91. The Bertz CT molecular complexity index is 1010. The Labute approximate surface area is 175 Å².